The van der Waals surface area contributed by atoms with Crippen LogP contribution in [0.5, 0.6) is 0 Å². The molecule has 1 aromatic heterocycles. The fourth-order valence-corrected chi connectivity index (χ4v) is 3.31. The van der Waals surface area contributed by atoms with Crippen molar-refractivity contribution in [2.24, 2.45) is 7.05 Å². The number of carbonyl (C=O) groups excluding carboxylic acids is 2. The molecule has 1 saturated carbocycles. The minimum atomic E-state index is -0.162. The molecule has 1 aliphatic rings. The molecule has 142 valence electrons. The Balaban J connectivity index is 1.72. The van der Waals surface area contributed by atoms with E-state index in [-0.39, 0.29) is 24.4 Å². The first-order valence-electron chi connectivity index (χ1n) is 9.05. The van der Waals surface area contributed by atoms with Crippen LogP contribution in [0.15, 0.2) is 59.7 Å². The summed E-state index contributed by atoms with van der Waals surface area (Å²) in [7, 11) is 1.98. The van der Waals surface area contributed by atoms with E-state index in [0.717, 1.165) is 23.0 Å². The molecule has 0 spiro atoms. The second-order valence-corrected chi connectivity index (χ2v) is 7.76. The third-order valence-electron chi connectivity index (χ3n) is 4.75. The van der Waals surface area contributed by atoms with Crippen LogP contribution in [0.2, 0.25) is 0 Å². The van der Waals surface area contributed by atoms with Gasteiger partial charge in [-0.2, -0.15) is 0 Å². The molecule has 1 aromatic carbocycles. The molecule has 0 atom stereocenters. The lowest BCUT2D eigenvalue weighted by Crippen LogP contribution is -2.43. The Hall–Kier alpha value is -2.34. The smallest absolute Gasteiger partial charge is 0.254 e. The fourth-order valence-electron chi connectivity index (χ4n) is 3.05. The fraction of sp³-hybridized carbons (Fsp3) is 0.333. The maximum Gasteiger partial charge on any atom is 0.254 e. The van der Waals surface area contributed by atoms with Crippen LogP contribution in [-0.4, -0.2) is 45.3 Å². The Bertz CT molecular complexity index is 824. The van der Waals surface area contributed by atoms with E-state index < -0.39 is 0 Å². The van der Waals surface area contributed by atoms with Gasteiger partial charge in [-0.15, -0.1) is 6.58 Å². The predicted octanol–water partition coefficient (Wildman–Crippen LogP) is 3.61. The van der Waals surface area contributed by atoms with Crippen molar-refractivity contribution in [1.29, 1.82) is 0 Å². The third-order valence-corrected chi connectivity index (χ3v) is 5.27. The normalized spacial score (nSPS) is 13.3. The van der Waals surface area contributed by atoms with E-state index in [4.69, 9.17) is 0 Å². The molecule has 1 aliphatic carbocycles. The second-order valence-electron chi connectivity index (χ2n) is 6.84. The van der Waals surface area contributed by atoms with Crippen LogP contribution in [0.25, 0.3) is 0 Å². The van der Waals surface area contributed by atoms with Crippen molar-refractivity contribution in [3.05, 3.63) is 71.0 Å². The molecule has 0 radical (unpaired) electrons. The second kappa shape index (κ2) is 8.57. The monoisotopic (exact) mass is 429 g/mol. The molecule has 0 bridgehead atoms. The standard InChI is InChI=1S/C21H24BrN3O2/c1-3-12-24(21(27)16-6-8-17(22)9-7-16)15-20(26)25(18-10-11-18)14-19-5-4-13-23(19)2/h3-9,13,18H,1,10-12,14-15H2,2H3. The summed E-state index contributed by atoms with van der Waals surface area (Å²) in [5, 5.41) is 0. The van der Waals surface area contributed by atoms with Gasteiger partial charge in [0.25, 0.3) is 5.91 Å². The lowest BCUT2D eigenvalue weighted by molar-refractivity contribution is -0.133. The lowest BCUT2D eigenvalue weighted by atomic mass is 10.2. The minimum absolute atomic E-state index is 0.0222. The van der Waals surface area contributed by atoms with Gasteiger partial charge in [0.2, 0.25) is 5.91 Å². The van der Waals surface area contributed by atoms with Gasteiger partial charge in [0.15, 0.2) is 0 Å². The number of rotatable bonds is 8. The molecule has 1 heterocycles. The minimum Gasteiger partial charge on any atom is -0.353 e. The maximum absolute atomic E-state index is 13.0. The van der Waals surface area contributed by atoms with Crippen LogP contribution >= 0.6 is 15.9 Å². The molecule has 6 heteroatoms. The SMILES string of the molecule is C=CCN(CC(=O)N(Cc1cccn1C)C1CC1)C(=O)c1ccc(Br)cc1. The zero-order valence-electron chi connectivity index (χ0n) is 15.5. The van der Waals surface area contributed by atoms with Crippen molar-refractivity contribution in [1.82, 2.24) is 14.4 Å². The summed E-state index contributed by atoms with van der Waals surface area (Å²) in [6, 6.07) is 11.5. The van der Waals surface area contributed by atoms with Gasteiger partial charge >= 0.3 is 0 Å². The van der Waals surface area contributed by atoms with Crippen LogP contribution in [0.4, 0.5) is 0 Å². The van der Waals surface area contributed by atoms with Crippen LogP contribution < -0.4 is 0 Å². The van der Waals surface area contributed by atoms with Crippen molar-refractivity contribution in [2.75, 3.05) is 13.1 Å². The molecule has 1 fully saturated rings. The number of hydrogen-bond donors (Lipinski definition) is 0. The van der Waals surface area contributed by atoms with Gasteiger partial charge in [-0.1, -0.05) is 22.0 Å². The largest absolute Gasteiger partial charge is 0.353 e. The molecule has 0 N–H and O–H groups in total. The van der Waals surface area contributed by atoms with Crippen LogP contribution in [0.1, 0.15) is 28.9 Å². The first-order chi connectivity index (χ1) is 13.0. The van der Waals surface area contributed by atoms with Gasteiger partial charge in [-0.25, -0.2) is 0 Å². The number of amides is 2. The Morgan fingerprint density at radius 1 is 1.26 bits per heavy atom. The van der Waals surface area contributed by atoms with Gasteiger partial charge < -0.3 is 14.4 Å². The average molecular weight is 430 g/mol. The number of carbonyl (C=O) groups is 2. The molecule has 0 saturated heterocycles. The first kappa shape index (κ1) is 19.4. The number of benzene rings is 1. The highest BCUT2D eigenvalue weighted by molar-refractivity contribution is 9.10. The van der Waals surface area contributed by atoms with Crippen molar-refractivity contribution in [3.63, 3.8) is 0 Å². The molecule has 0 unspecified atom stereocenters. The van der Waals surface area contributed by atoms with E-state index in [0.29, 0.717) is 18.7 Å². The van der Waals surface area contributed by atoms with Gasteiger partial charge in [0.1, 0.15) is 6.54 Å². The van der Waals surface area contributed by atoms with Crippen LogP contribution in [0, 0.1) is 0 Å². The molecule has 2 amide bonds. The van der Waals surface area contributed by atoms with Crippen LogP contribution in [-0.2, 0) is 18.4 Å². The van der Waals surface area contributed by atoms with Gasteiger partial charge in [-0.3, -0.25) is 9.59 Å². The Labute approximate surface area is 168 Å². The zero-order chi connectivity index (χ0) is 19.4. The molecule has 27 heavy (non-hydrogen) atoms. The average Bonchev–Trinajstić information content (AvgIpc) is 3.41. The van der Waals surface area contributed by atoms with E-state index >= 15 is 0 Å². The molecule has 2 aromatic rings. The molecule has 0 aliphatic heterocycles. The zero-order valence-corrected chi connectivity index (χ0v) is 17.1. The molecular formula is C21H24BrN3O2. The highest BCUT2D eigenvalue weighted by Crippen LogP contribution is 2.28. The molecule has 3 rings (SSSR count). The van der Waals surface area contributed by atoms with Gasteiger partial charge in [0.05, 0.1) is 6.54 Å². The summed E-state index contributed by atoms with van der Waals surface area (Å²) in [6.45, 7) is 4.70. The number of aryl methyl sites for hydroxylation is 1. The van der Waals surface area contributed by atoms with E-state index in [1.54, 1.807) is 23.1 Å². The number of aromatic nitrogens is 1. The van der Waals surface area contributed by atoms with E-state index in [1.165, 1.54) is 0 Å². The Morgan fingerprint density at radius 2 is 1.96 bits per heavy atom. The van der Waals surface area contributed by atoms with Crippen molar-refractivity contribution >= 4 is 27.7 Å². The third kappa shape index (κ3) is 4.89. The maximum atomic E-state index is 13.0. The van der Waals surface area contributed by atoms with Crippen molar-refractivity contribution < 1.29 is 9.59 Å². The van der Waals surface area contributed by atoms with E-state index in [9.17, 15) is 9.59 Å². The Kier molecular flexibility index (Phi) is 6.16. The van der Waals surface area contributed by atoms with Crippen molar-refractivity contribution in [3.8, 4) is 0 Å². The topological polar surface area (TPSA) is 45.6 Å². The van der Waals surface area contributed by atoms with E-state index in [1.807, 2.05) is 47.0 Å². The summed E-state index contributed by atoms with van der Waals surface area (Å²) < 4.78 is 2.94. The Morgan fingerprint density at radius 3 is 2.52 bits per heavy atom. The summed E-state index contributed by atoms with van der Waals surface area (Å²) in [5.74, 6) is -0.184. The first-order valence-corrected chi connectivity index (χ1v) is 9.84. The summed E-state index contributed by atoms with van der Waals surface area (Å²) >= 11 is 3.37. The summed E-state index contributed by atoms with van der Waals surface area (Å²) in [5.41, 5.74) is 1.65. The van der Waals surface area contributed by atoms with Gasteiger partial charge in [-0.05, 0) is 49.2 Å². The quantitative estimate of drug-likeness (QED) is 0.601. The molecular weight excluding hydrogens is 406 g/mol. The highest BCUT2D eigenvalue weighted by Gasteiger charge is 2.34. The van der Waals surface area contributed by atoms with Crippen molar-refractivity contribution in [2.45, 2.75) is 25.4 Å². The van der Waals surface area contributed by atoms with Crippen LogP contribution in [0.3, 0.4) is 0 Å². The number of nitrogens with zero attached hydrogens (tertiary/aromatic N) is 3. The molecule has 5 nitrogen and oxygen atoms in total. The number of halogens is 1. The van der Waals surface area contributed by atoms with Gasteiger partial charge in [0, 0.05) is 41.6 Å². The summed E-state index contributed by atoms with van der Waals surface area (Å²) in [4.78, 5) is 29.3. The highest BCUT2D eigenvalue weighted by atomic mass is 79.9. The predicted molar refractivity (Wildman–Crippen MR) is 109 cm³/mol. The lowest BCUT2D eigenvalue weighted by Gasteiger charge is -2.27. The number of hydrogen-bond acceptors (Lipinski definition) is 2. The summed E-state index contributed by atoms with van der Waals surface area (Å²) in [6.07, 6.45) is 5.69. The van der Waals surface area contributed by atoms with E-state index in [2.05, 4.69) is 22.5 Å².